The van der Waals surface area contributed by atoms with Gasteiger partial charge in [-0.15, -0.1) is 0 Å². The molecule has 0 aromatic heterocycles. The zero-order chi connectivity index (χ0) is 20.8. The maximum absolute atomic E-state index is 13.6. The van der Waals surface area contributed by atoms with Gasteiger partial charge in [0.15, 0.2) is 5.78 Å². The Hall–Kier alpha value is -3.74. The van der Waals surface area contributed by atoms with Crippen molar-refractivity contribution in [1.82, 2.24) is 5.01 Å². The number of imide groups is 1. The number of nitrogens with zero attached hydrogens (tertiary/aromatic N) is 3. The summed E-state index contributed by atoms with van der Waals surface area (Å²) in [6.07, 6.45) is 5.16. The lowest BCUT2D eigenvalue weighted by molar-refractivity contribution is -0.123. The minimum absolute atomic E-state index is 0.219. The Morgan fingerprint density at radius 2 is 1.67 bits per heavy atom. The van der Waals surface area contributed by atoms with Gasteiger partial charge in [-0.05, 0) is 18.2 Å². The van der Waals surface area contributed by atoms with E-state index in [0.29, 0.717) is 17.0 Å². The van der Waals surface area contributed by atoms with Gasteiger partial charge < -0.3 is 4.74 Å². The number of anilines is 1. The van der Waals surface area contributed by atoms with Gasteiger partial charge in [-0.2, -0.15) is 5.10 Å². The molecule has 0 saturated carbocycles. The van der Waals surface area contributed by atoms with E-state index in [1.807, 2.05) is 12.1 Å². The monoisotopic (exact) mass is 401 g/mol. The summed E-state index contributed by atoms with van der Waals surface area (Å²) in [5, 5.41) is 5.97. The van der Waals surface area contributed by atoms with E-state index in [4.69, 9.17) is 4.74 Å². The topological polar surface area (TPSA) is 79.3 Å². The third-order valence-corrected chi connectivity index (χ3v) is 5.94. The van der Waals surface area contributed by atoms with E-state index in [2.05, 4.69) is 5.10 Å². The lowest BCUT2D eigenvalue weighted by Crippen LogP contribution is -2.46. The van der Waals surface area contributed by atoms with Crippen LogP contribution >= 0.6 is 0 Å². The molecule has 0 radical (unpaired) electrons. The quantitative estimate of drug-likeness (QED) is 0.580. The second kappa shape index (κ2) is 6.95. The number of amides is 2. The minimum atomic E-state index is -0.847. The molecule has 7 nitrogen and oxygen atoms in total. The highest BCUT2D eigenvalue weighted by atomic mass is 16.5. The lowest BCUT2D eigenvalue weighted by atomic mass is 9.86. The van der Waals surface area contributed by atoms with Crippen molar-refractivity contribution in [3.63, 3.8) is 0 Å². The molecule has 3 aliphatic rings. The lowest BCUT2D eigenvalue weighted by Gasteiger charge is -2.30. The van der Waals surface area contributed by atoms with Crippen LogP contribution in [0.2, 0.25) is 0 Å². The fraction of sp³-hybridized carbons (Fsp3) is 0.217. The normalized spacial score (nSPS) is 26.7. The summed E-state index contributed by atoms with van der Waals surface area (Å²) >= 11 is 0. The Morgan fingerprint density at radius 3 is 2.43 bits per heavy atom. The van der Waals surface area contributed by atoms with E-state index >= 15 is 0 Å². The zero-order valence-corrected chi connectivity index (χ0v) is 16.2. The molecule has 30 heavy (non-hydrogen) atoms. The number of hydrogen-bond acceptors (Lipinski definition) is 6. The van der Waals surface area contributed by atoms with Crippen LogP contribution in [0.5, 0.6) is 5.75 Å². The molecule has 0 spiro atoms. The summed E-state index contributed by atoms with van der Waals surface area (Å²) in [4.78, 5) is 41.6. The number of fused-ring (bicyclic) bond motifs is 3. The Labute approximate surface area is 173 Å². The Balaban J connectivity index is 1.60. The highest BCUT2D eigenvalue weighted by Crippen LogP contribution is 2.47. The number of ketones is 1. The van der Waals surface area contributed by atoms with E-state index in [9.17, 15) is 14.4 Å². The van der Waals surface area contributed by atoms with Crippen LogP contribution in [0.15, 0.2) is 71.9 Å². The number of rotatable bonds is 4. The van der Waals surface area contributed by atoms with Gasteiger partial charge >= 0.3 is 0 Å². The number of para-hydroxylation sites is 2. The van der Waals surface area contributed by atoms with Crippen LogP contribution in [0.4, 0.5) is 5.69 Å². The second-order valence-electron chi connectivity index (χ2n) is 7.43. The molecule has 3 heterocycles. The molecule has 0 bridgehead atoms. The fourth-order valence-corrected chi connectivity index (χ4v) is 4.66. The molecule has 3 aliphatic heterocycles. The summed E-state index contributed by atoms with van der Waals surface area (Å²) in [7, 11) is 1.49. The van der Waals surface area contributed by atoms with Crippen molar-refractivity contribution in [2.24, 2.45) is 16.9 Å². The SMILES string of the molecule is COc1ccccc1N1C(=O)[C@@H]2[C@H](C1=O)[C@H]1C=CC=NN1[C@@H]2C(=O)c1ccccc1. The number of Topliss-reactive ketones (excluding diaryl/α,β-unsaturated/α-hetero) is 1. The van der Waals surface area contributed by atoms with Gasteiger partial charge in [0.05, 0.1) is 30.7 Å². The molecule has 5 rings (SSSR count). The summed E-state index contributed by atoms with van der Waals surface area (Å²) in [5.74, 6) is -2.03. The summed E-state index contributed by atoms with van der Waals surface area (Å²) < 4.78 is 5.37. The van der Waals surface area contributed by atoms with Crippen molar-refractivity contribution in [3.8, 4) is 5.75 Å². The highest BCUT2D eigenvalue weighted by Gasteiger charge is 2.64. The first-order valence-electron chi connectivity index (χ1n) is 9.72. The van der Waals surface area contributed by atoms with Crippen LogP contribution < -0.4 is 9.64 Å². The zero-order valence-electron chi connectivity index (χ0n) is 16.2. The van der Waals surface area contributed by atoms with Gasteiger partial charge in [0, 0.05) is 11.8 Å². The van der Waals surface area contributed by atoms with Gasteiger partial charge in [0.25, 0.3) is 0 Å². The van der Waals surface area contributed by atoms with Crippen molar-refractivity contribution in [2.75, 3.05) is 12.0 Å². The molecular formula is C23H19N3O4. The van der Waals surface area contributed by atoms with E-state index in [-0.39, 0.29) is 11.7 Å². The first-order chi connectivity index (χ1) is 14.6. The number of allylic oxidation sites excluding steroid dienone is 1. The Bertz CT molecular complexity index is 1090. The number of carbonyl (C=O) groups excluding carboxylic acids is 3. The number of ether oxygens (including phenoxy) is 1. The average Bonchev–Trinajstić information content (AvgIpc) is 3.26. The molecule has 150 valence electrons. The molecule has 2 aromatic rings. The van der Waals surface area contributed by atoms with Crippen molar-refractivity contribution < 1.29 is 19.1 Å². The van der Waals surface area contributed by atoms with E-state index in [0.717, 1.165) is 0 Å². The van der Waals surface area contributed by atoms with Crippen molar-refractivity contribution in [2.45, 2.75) is 12.1 Å². The van der Waals surface area contributed by atoms with Crippen LogP contribution in [0, 0.1) is 11.8 Å². The van der Waals surface area contributed by atoms with Crippen molar-refractivity contribution >= 4 is 29.5 Å². The Kier molecular flexibility index (Phi) is 4.24. The minimum Gasteiger partial charge on any atom is -0.495 e. The first-order valence-corrected chi connectivity index (χ1v) is 9.72. The predicted molar refractivity (Wildman–Crippen MR) is 110 cm³/mol. The fourth-order valence-electron chi connectivity index (χ4n) is 4.66. The summed E-state index contributed by atoms with van der Waals surface area (Å²) in [5.41, 5.74) is 0.882. The second-order valence-corrected chi connectivity index (χ2v) is 7.43. The van der Waals surface area contributed by atoms with Crippen LogP contribution in [-0.2, 0) is 9.59 Å². The van der Waals surface area contributed by atoms with E-state index in [1.54, 1.807) is 65.8 Å². The van der Waals surface area contributed by atoms with Gasteiger partial charge in [0.2, 0.25) is 11.8 Å². The first kappa shape index (κ1) is 18.3. The summed E-state index contributed by atoms with van der Waals surface area (Å²) in [6.45, 7) is 0. The van der Waals surface area contributed by atoms with Gasteiger partial charge in [-0.3, -0.25) is 19.4 Å². The molecular weight excluding hydrogens is 382 g/mol. The predicted octanol–water partition coefficient (Wildman–Crippen LogP) is 2.29. The average molecular weight is 401 g/mol. The largest absolute Gasteiger partial charge is 0.495 e. The molecule has 4 atom stereocenters. The van der Waals surface area contributed by atoms with Gasteiger partial charge in [0.1, 0.15) is 11.8 Å². The number of hydrogen-bond donors (Lipinski definition) is 0. The maximum Gasteiger partial charge on any atom is 0.240 e. The third kappa shape index (κ3) is 2.51. The van der Waals surface area contributed by atoms with Gasteiger partial charge in [-0.1, -0.05) is 48.5 Å². The van der Waals surface area contributed by atoms with Crippen LogP contribution in [0.1, 0.15) is 10.4 Å². The molecule has 2 amide bonds. The Morgan fingerprint density at radius 1 is 0.967 bits per heavy atom. The molecule has 7 heteroatoms. The maximum atomic E-state index is 13.6. The van der Waals surface area contributed by atoms with Crippen LogP contribution in [-0.4, -0.2) is 48.0 Å². The smallest absolute Gasteiger partial charge is 0.240 e. The van der Waals surface area contributed by atoms with Crippen molar-refractivity contribution in [3.05, 3.63) is 72.3 Å². The number of carbonyl (C=O) groups is 3. The van der Waals surface area contributed by atoms with Crippen LogP contribution in [0.25, 0.3) is 0 Å². The number of hydrazone groups is 1. The third-order valence-electron chi connectivity index (χ3n) is 5.94. The van der Waals surface area contributed by atoms with E-state index in [1.165, 1.54) is 12.0 Å². The molecule has 2 saturated heterocycles. The highest BCUT2D eigenvalue weighted by molar-refractivity contribution is 6.25. The van der Waals surface area contributed by atoms with E-state index < -0.39 is 29.8 Å². The molecule has 0 N–H and O–H groups in total. The molecule has 0 aliphatic carbocycles. The molecule has 2 aromatic carbocycles. The van der Waals surface area contributed by atoms with Crippen molar-refractivity contribution in [1.29, 1.82) is 0 Å². The van der Waals surface area contributed by atoms with Crippen LogP contribution in [0.3, 0.4) is 0 Å². The molecule has 2 fully saturated rings. The number of benzene rings is 2. The number of methoxy groups -OCH3 is 1. The van der Waals surface area contributed by atoms with Gasteiger partial charge in [-0.25, -0.2) is 4.90 Å². The summed E-state index contributed by atoms with van der Waals surface area (Å²) in [6, 6.07) is 14.4. The standard InChI is InChI=1S/C23H19N3O4/c1-30-17-12-6-5-10-15(17)25-22(28)18-16-11-7-13-24-26(16)20(19(18)23(25)29)21(27)14-8-3-2-4-9-14/h2-13,16,18-20H,1H3/t16-,18-,19-,20+/m1/s1. The molecule has 0 unspecified atom stereocenters.